The van der Waals surface area contributed by atoms with E-state index in [1.54, 1.807) is 6.07 Å². The van der Waals surface area contributed by atoms with Crippen LogP contribution in [0.25, 0.3) is 0 Å². The van der Waals surface area contributed by atoms with Gasteiger partial charge in [-0.3, -0.25) is 14.5 Å². The summed E-state index contributed by atoms with van der Waals surface area (Å²) in [7, 11) is 0. The zero-order chi connectivity index (χ0) is 23.4. The van der Waals surface area contributed by atoms with Gasteiger partial charge < -0.3 is 15.5 Å². The Morgan fingerprint density at radius 1 is 1.06 bits per heavy atom. The summed E-state index contributed by atoms with van der Waals surface area (Å²) in [5.41, 5.74) is 2.14. The molecule has 2 aliphatic rings. The molecule has 2 aliphatic heterocycles. The van der Waals surface area contributed by atoms with Crippen molar-refractivity contribution in [3.05, 3.63) is 65.7 Å². The molecule has 2 aromatic carbocycles. The van der Waals surface area contributed by atoms with Crippen LogP contribution in [0.15, 0.2) is 54.6 Å². The molecule has 0 aromatic heterocycles. The number of carboxylic acid groups (broad SMARTS) is 1. The van der Waals surface area contributed by atoms with E-state index in [4.69, 9.17) is 0 Å². The number of rotatable bonds is 9. The minimum Gasteiger partial charge on any atom is -0.508 e. The first-order valence-electron chi connectivity index (χ1n) is 12.0. The fourth-order valence-corrected chi connectivity index (χ4v) is 5.69. The Kier molecular flexibility index (Phi) is 7.33. The molecule has 2 aromatic rings. The van der Waals surface area contributed by atoms with Crippen molar-refractivity contribution in [2.24, 2.45) is 5.92 Å². The normalized spacial score (nSPS) is 24.2. The lowest BCUT2D eigenvalue weighted by Crippen LogP contribution is -2.49. The van der Waals surface area contributed by atoms with E-state index >= 15 is 0 Å². The van der Waals surface area contributed by atoms with E-state index in [2.05, 4.69) is 16.3 Å². The van der Waals surface area contributed by atoms with Crippen molar-refractivity contribution in [2.45, 2.75) is 69.5 Å². The van der Waals surface area contributed by atoms with Crippen LogP contribution in [-0.4, -0.2) is 51.7 Å². The maximum absolute atomic E-state index is 12.6. The summed E-state index contributed by atoms with van der Waals surface area (Å²) < 4.78 is 0. The lowest BCUT2D eigenvalue weighted by atomic mass is 9.85. The lowest BCUT2D eigenvalue weighted by Gasteiger charge is -2.40. The second-order valence-corrected chi connectivity index (χ2v) is 9.74. The van der Waals surface area contributed by atoms with Gasteiger partial charge in [0.15, 0.2) is 0 Å². The van der Waals surface area contributed by atoms with E-state index < -0.39 is 11.9 Å². The van der Waals surface area contributed by atoms with Gasteiger partial charge in [-0.2, -0.15) is 0 Å². The van der Waals surface area contributed by atoms with Crippen LogP contribution in [0.4, 0.5) is 0 Å². The van der Waals surface area contributed by atoms with Crippen LogP contribution in [0.1, 0.15) is 56.1 Å². The van der Waals surface area contributed by atoms with Crippen LogP contribution < -0.4 is 5.32 Å². The average molecular weight is 451 g/mol. The Hall–Kier alpha value is -2.86. The number of fused-ring (bicyclic) bond motifs is 2. The number of nitrogens with zero attached hydrogens (tertiary/aromatic N) is 1. The summed E-state index contributed by atoms with van der Waals surface area (Å²) >= 11 is 0. The first-order valence-corrected chi connectivity index (χ1v) is 12.0. The number of carboxylic acids is 1. The number of nitrogens with one attached hydrogen (secondary N) is 1. The smallest absolute Gasteiger partial charge is 0.307 e. The van der Waals surface area contributed by atoms with Crippen molar-refractivity contribution >= 4 is 11.9 Å². The van der Waals surface area contributed by atoms with Gasteiger partial charge in [0.25, 0.3) is 0 Å². The maximum Gasteiger partial charge on any atom is 0.307 e. The lowest BCUT2D eigenvalue weighted by molar-refractivity contribution is -0.144. The van der Waals surface area contributed by atoms with E-state index in [0.29, 0.717) is 30.2 Å². The first-order chi connectivity index (χ1) is 15.9. The Balaban J connectivity index is 1.29. The highest BCUT2D eigenvalue weighted by Gasteiger charge is 2.41. The summed E-state index contributed by atoms with van der Waals surface area (Å²) in [6.07, 6.45) is 4.81. The highest BCUT2D eigenvalue weighted by molar-refractivity contribution is 5.82. The molecule has 176 valence electrons. The van der Waals surface area contributed by atoms with Gasteiger partial charge >= 0.3 is 5.97 Å². The summed E-state index contributed by atoms with van der Waals surface area (Å²) in [5, 5.41) is 22.5. The maximum atomic E-state index is 12.6. The average Bonchev–Trinajstić information content (AvgIpc) is 3.00. The van der Waals surface area contributed by atoms with Crippen LogP contribution in [-0.2, 0) is 16.0 Å². The Morgan fingerprint density at radius 2 is 1.76 bits per heavy atom. The first kappa shape index (κ1) is 23.3. The number of phenols is 1. The number of hydrogen-bond donors (Lipinski definition) is 3. The molecule has 6 heteroatoms. The van der Waals surface area contributed by atoms with Gasteiger partial charge in [-0.15, -0.1) is 0 Å². The molecule has 33 heavy (non-hydrogen) atoms. The molecular weight excluding hydrogens is 416 g/mol. The van der Waals surface area contributed by atoms with E-state index in [1.165, 1.54) is 18.4 Å². The predicted octanol–water partition coefficient (Wildman–Crippen LogP) is 3.94. The largest absolute Gasteiger partial charge is 0.508 e. The standard InChI is InChI=1S/C27H34N2O4/c1-18(28-26(31)16-22(27(32)33)12-19-6-3-2-4-7-19)17-29-23-10-11-24(29)14-21(13-23)20-8-5-9-25(30)15-20/h2-9,15,18,21-24,30H,10-14,16-17H2,1H3,(H,28,31)(H,32,33)/t18-,21-,22?,23+,24-/m1/s1. The number of benzene rings is 2. The summed E-state index contributed by atoms with van der Waals surface area (Å²) in [5.74, 6) is -1.08. The van der Waals surface area contributed by atoms with Crippen molar-refractivity contribution < 1.29 is 19.8 Å². The van der Waals surface area contributed by atoms with E-state index in [0.717, 1.165) is 24.9 Å². The van der Waals surface area contributed by atoms with Gasteiger partial charge in [0, 0.05) is 31.1 Å². The summed E-state index contributed by atoms with van der Waals surface area (Å²) in [6.45, 7) is 2.79. The third kappa shape index (κ3) is 5.93. The van der Waals surface area contributed by atoms with Crippen LogP contribution in [0.2, 0.25) is 0 Å². The van der Waals surface area contributed by atoms with Crippen molar-refractivity contribution in [3.63, 3.8) is 0 Å². The molecule has 1 amide bonds. The molecule has 5 atom stereocenters. The second-order valence-electron chi connectivity index (χ2n) is 9.74. The van der Waals surface area contributed by atoms with Crippen LogP contribution in [0, 0.1) is 5.92 Å². The van der Waals surface area contributed by atoms with Crippen molar-refractivity contribution in [1.29, 1.82) is 0 Å². The Morgan fingerprint density at radius 3 is 2.39 bits per heavy atom. The molecule has 3 N–H and O–H groups in total. The number of aliphatic carboxylic acids is 1. The minimum absolute atomic E-state index is 0.0129. The number of carbonyl (C=O) groups is 2. The van der Waals surface area contributed by atoms with Crippen LogP contribution >= 0.6 is 0 Å². The SMILES string of the molecule is C[C@H](CN1[C@@H]2CC[C@H]1C[C@@H](c1cccc(O)c1)C2)NC(=O)CC(Cc1ccccc1)C(=O)O. The van der Waals surface area contributed by atoms with E-state index in [-0.39, 0.29) is 18.4 Å². The molecule has 2 heterocycles. The fourth-order valence-electron chi connectivity index (χ4n) is 5.69. The molecule has 2 saturated heterocycles. The number of amides is 1. The summed E-state index contributed by atoms with van der Waals surface area (Å²) in [4.78, 5) is 26.9. The van der Waals surface area contributed by atoms with Gasteiger partial charge in [-0.25, -0.2) is 0 Å². The molecule has 2 bridgehead atoms. The highest BCUT2D eigenvalue weighted by atomic mass is 16.4. The second kappa shape index (κ2) is 10.4. The van der Waals surface area contributed by atoms with Gasteiger partial charge in [0.2, 0.25) is 5.91 Å². The highest BCUT2D eigenvalue weighted by Crippen LogP contribution is 2.43. The number of hydrogen-bond acceptors (Lipinski definition) is 4. The third-order valence-electron chi connectivity index (χ3n) is 7.22. The van der Waals surface area contributed by atoms with Crippen molar-refractivity contribution in [1.82, 2.24) is 10.2 Å². The van der Waals surface area contributed by atoms with Gasteiger partial charge in [-0.1, -0.05) is 42.5 Å². The van der Waals surface area contributed by atoms with Gasteiger partial charge in [0.05, 0.1) is 5.92 Å². The van der Waals surface area contributed by atoms with Crippen LogP contribution in [0.3, 0.4) is 0 Å². The fraction of sp³-hybridized carbons (Fsp3) is 0.481. The number of phenolic OH excluding ortho intramolecular Hbond substituents is 1. The topological polar surface area (TPSA) is 89.9 Å². The molecule has 0 radical (unpaired) electrons. The molecule has 0 spiro atoms. The third-order valence-corrected chi connectivity index (χ3v) is 7.22. The molecule has 6 nitrogen and oxygen atoms in total. The summed E-state index contributed by atoms with van der Waals surface area (Å²) in [6, 6.07) is 18.0. The molecule has 1 unspecified atom stereocenters. The minimum atomic E-state index is -0.936. The quantitative estimate of drug-likeness (QED) is 0.538. The zero-order valence-electron chi connectivity index (χ0n) is 19.2. The van der Waals surface area contributed by atoms with Gasteiger partial charge in [0.1, 0.15) is 5.75 Å². The Labute approximate surface area is 195 Å². The molecule has 2 fully saturated rings. The monoisotopic (exact) mass is 450 g/mol. The van der Waals surface area contributed by atoms with Crippen molar-refractivity contribution in [2.75, 3.05) is 6.54 Å². The Bertz CT molecular complexity index is 950. The number of piperidine rings is 1. The number of aromatic hydroxyl groups is 1. The molecular formula is C27H34N2O4. The molecule has 0 saturated carbocycles. The molecule has 0 aliphatic carbocycles. The molecule has 4 rings (SSSR count). The zero-order valence-corrected chi connectivity index (χ0v) is 19.2. The number of carbonyl (C=O) groups excluding carboxylic acids is 1. The van der Waals surface area contributed by atoms with Gasteiger partial charge in [-0.05, 0) is 68.2 Å². The van der Waals surface area contributed by atoms with Crippen LogP contribution in [0.5, 0.6) is 5.75 Å². The predicted molar refractivity (Wildman–Crippen MR) is 127 cm³/mol. The van der Waals surface area contributed by atoms with Crippen molar-refractivity contribution in [3.8, 4) is 5.75 Å². The van der Waals surface area contributed by atoms with E-state index in [1.807, 2.05) is 49.4 Å². The van der Waals surface area contributed by atoms with E-state index in [9.17, 15) is 19.8 Å².